The Morgan fingerprint density at radius 3 is 2.52 bits per heavy atom. The average Bonchev–Trinajstić information content (AvgIpc) is 3.25. The Morgan fingerprint density at radius 1 is 1.16 bits per heavy atom. The van der Waals surface area contributed by atoms with Gasteiger partial charge in [-0.15, -0.1) is 35.7 Å². The number of nitrogens with one attached hydrogen (secondary N) is 2. The number of thioether (sulfide) groups is 1. The Hall–Kier alpha value is -1.30. The first-order valence-electron chi connectivity index (χ1n) is 10.3. The molecule has 1 heterocycles. The second-order valence-electron chi connectivity index (χ2n) is 7.25. The summed E-state index contributed by atoms with van der Waals surface area (Å²) in [6, 6.07) is 17.4. The third-order valence-corrected chi connectivity index (χ3v) is 7.74. The second kappa shape index (κ2) is 12.7. The lowest BCUT2D eigenvalue weighted by Crippen LogP contribution is -2.40. The molecule has 1 atom stereocenters. The van der Waals surface area contributed by atoms with Crippen molar-refractivity contribution in [1.82, 2.24) is 14.9 Å². The van der Waals surface area contributed by atoms with E-state index in [1.165, 1.54) is 18.4 Å². The topological polar surface area (TPSA) is 73.8 Å². The highest BCUT2D eigenvalue weighted by Crippen LogP contribution is 2.26. The molecular weight excluding hydrogens is 543 g/mol. The van der Waals surface area contributed by atoms with E-state index in [4.69, 9.17) is 4.99 Å². The van der Waals surface area contributed by atoms with Gasteiger partial charge in [0.25, 0.3) is 0 Å². The van der Waals surface area contributed by atoms with Gasteiger partial charge >= 0.3 is 0 Å². The minimum atomic E-state index is -3.41. The molecule has 1 aliphatic rings. The lowest BCUT2D eigenvalue weighted by atomic mass is 10.2. The van der Waals surface area contributed by atoms with Gasteiger partial charge in [-0.1, -0.05) is 30.3 Å². The van der Waals surface area contributed by atoms with Gasteiger partial charge in [-0.3, -0.25) is 0 Å². The smallest absolute Gasteiger partial charge is 0.240 e. The van der Waals surface area contributed by atoms with Gasteiger partial charge in [0.1, 0.15) is 0 Å². The van der Waals surface area contributed by atoms with Crippen LogP contribution in [0.15, 0.2) is 69.4 Å². The lowest BCUT2D eigenvalue weighted by Gasteiger charge is -2.21. The van der Waals surface area contributed by atoms with Gasteiger partial charge in [0.15, 0.2) is 5.96 Å². The largest absolute Gasteiger partial charge is 0.357 e. The van der Waals surface area contributed by atoms with Gasteiger partial charge in [0.05, 0.1) is 11.4 Å². The molecule has 1 saturated heterocycles. The number of guanidine groups is 1. The predicted molar refractivity (Wildman–Crippen MR) is 140 cm³/mol. The van der Waals surface area contributed by atoms with E-state index >= 15 is 0 Å². The quantitative estimate of drug-likeness (QED) is 0.217. The van der Waals surface area contributed by atoms with E-state index in [0.717, 1.165) is 36.9 Å². The standard InChI is InChI=1S/C22H30N4O2S2.HI/c1-3-24-22(25-15-18-9-11-21(12-10-18)30(27,28)23-2)26-14-13-19(16-26)17-29-20-7-5-4-6-8-20;/h4-12,19,23H,3,13-17H2,1-2H3,(H,24,25);1H. The van der Waals surface area contributed by atoms with Crippen LogP contribution in [-0.2, 0) is 16.6 Å². The van der Waals surface area contributed by atoms with E-state index in [9.17, 15) is 8.42 Å². The van der Waals surface area contributed by atoms with Crippen molar-refractivity contribution in [1.29, 1.82) is 0 Å². The predicted octanol–water partition coefficient (Wildman–Crippen LogP) is 3.79. The molecule has 1 aliphatic heterocycles. The molecule has 1 unspecified atom stereocenters. The third-order valence-electron chi connectivity index (χ3n) is 5.06. The summed E-state index contributed by atoms with van der Waals surface area (Å²) in [7, 11) is -1.99. The van der Waals surface area contributed by atoms with Crippen LogP contribution < -0.4 is 10.0 Å². The zero-order valence-corrected chi connectivity index (χ0v) is 21.9. The van der Waals surface area contributed by atoms with E-state index in [-0.39, 0.29) is 28.9 Å². The van der Waals surface area contributed by atoms with Gasteiger partial charge in [-0.05, 0) is 56.1 Å². The number of aliphatic imine (C=N–C) groups is 1. The summed E-state index contributed by atoms with van der Waals surface area (Å²) in [4.78, 5) is 8.71. The summed E-state index contributed by atoms with van der Waals surface area (Å²) < 4.78 is 26.0. The van der Waals surface area contributed by atoms with E-state index in [0.29, 0.717) is 12.5 Å². The number of likely N-dealkylation sites (tertiary alicyclic amines) is 1. The molecule has 0 amide bonds. The van der Waals surface area contributed by atoms with Crippen molar-refractivity contribution >= 4 is 51.7 Å². The number of hydrogen-bond donors (Lipinski definition) is 2. The fourth-order valence-electron chi connectivity index (χ4n) is 3.38. The Kier molecular flexibility index (Phi) is 10.6. The first-order chi connectivity index (χ1) is 14.5. The van der Waals surface area contributed by atoms with Crippen molar-refractivity contribution in [2.24, 2.45) is 10.9 Å². The Bertz CT molecular complexity index is 938. The molecule has 0 saturated carbocycles. The fraction of sp³-hybridized carbons (Fsp3) is 0.409. The van der Waals surface area contributed by atoms with Crippen molar-refractivity contribution in [3.8, 4) is 0 Å². The highest BCUT2D eigenvalue weighted by atomic mass is 127. The van der Waals surface area contributed by atoms with E-state index in [1.807, 2.05) is 30.0 Å². The maximum atomic E-state index is 11.9. The minimum Gasteiger partial charge on any atom is -0.357 e. The zero-order valence-electron chi connectivity index (χ0n) is 18.0. The van der Waals surface area contributed by atoms with Gasteiger partial charge in [0.2, 0.25) is 10.0 Å². The van der Waals surface area contributed by atoms with Crippen LogP contribution >= 0.6 is 35.7 Å². The van der Waals surface area contributed by atoms with Crippen LogP contribution in [0.25, 0.3) is 0 Å². The average molecular weight is 575 g/mol. The number of rotatable bonds is 8. The van der Waals surface area contributed by atoms with Crippen molar-refractivity contribution in [3.63, 3.8) is 0 Å². The normalized spacial score (nSPS) is 16.8. The number of hydrogen-bond acceptors (Lipinski definition) is 4. The van der Waals surface area contributed by atoms with Gasteiger partial charge in [-0.2, -0.15) is 0 Å². The molecule has 0 aliphatic carbocycles. The maximum Gasteiger partial charge on any atom is 0.240 e. The number of nitrogens with zero attached hydrogens (tertiary/aromatic N) is 2. The van der Waals surface area contributed by atoms with Crippen LogP contribution in [0, 0.1) is 5.92 Å². The SMILES string of the molecule is CCNC(=NCc1ccc(S(=O)(=O)NC)cc1)N1CCC(CSc2ccccc2)C1.I. The second-order valence-corrected chi connectivity index (χ2v) is 10.2. The molecular formula is C22H31IN4O2S2. The van der Waals surface area contributed by atoms with Crippen LogP contribution in [0.2, 0.25) is 0 Å². The highest BCUT2D eigenvalue weighted by Gasteiger charge is 2.25. The van der Waals surface area contributed by atoms with E-state index < -0.39 is 10.0 Å². The summed E-state index contributed by atoms with van der Waals surface area (Å²) in [5.41, 5.74) is 0.982. The molecule has 0 radical (unpaired) electrons. The number of benzene rings is 2. The molecule has 0 spiro atoms. The third kappa shape index (κ3) is 7.65. The van der Waals surface area contributed by atoms with Crippen molar-refractivity contribution in [2.75, 3.05) is 32.4 Å². The molecule has 2 aromatic rings. The van der Waals surface area contributed by atoms with Gasteiger partial charge in [0, 0.05) is 30.3 Å². The highest BCUT2D eigenvalue weighted by molar-refractivity contribution is 14.0. The van der Waals surface area contributed by atoms with Crippen LogP contribution in [-0.4, -0.2) is 51.7 Å². The number of sulfonamides is 1. The van der Waals surface area contributed by atoms with Crippen LogP contribution in [0.4, 0.5) is 0 Å². The molecule has 0 aromatic heterocycles. The summed E-state index contributed by atoms with van der Waals surface area (Å²) in [6.45, 7) is 5.42. The molecule has 2 aromatic carbocycles. The summed E-state index contributed by atoms with van der Waals surface area (Å²) in [6.07, 6.45) is 1.17. The minimum absolute atomic E-state index is 0. The van der Waals surface area contributed by atoms with Crippen molar-refractivity contribution in [2.45, 2.75) is 29.7 Å². The van der Waals surface area contributed by atoms with Crippen LogP contribution in [0.1, 0.15) is 18.9 Å². The Balaban J connectivity index is 0.00000341. The first kappa shape index (κ1) is 26.0. The Morgan fingerprint density at radius 2 is 1.87 bits per heavy atom. The monoisotopic (exact) mass is 574 g/mol. The van der Waals surface area contributed by atoms with Crippen LogP contribution in [0.3, 0.4) is 0 Å². The first-order valence-corrected chi connectivity index (χ1v) is 12.7. The maximum absolute atomic E-state index is 11.9. The van der Waals surface area contributed by atoms with Gasteiger partial charge in [-0.25, -0.2) is 18.1 Å². The van der Waals surface area contributed by atoms with Gasteiger partial charge < -0.3 is 10.2 Å². The lowest BCUT2D eigenvalue weighted by molar-refractivity contribution is 0.474. The van der Waals surface area contributed by atoms with E-state index in [2.05, 4.69) is 46.1 Å². The molecule has 0 bridgehead atoms. The van der Waals surface area contributed by atoms with E-state index in [1.54, 1.807) is 12.1 Å². The van der Waals surface area contributed by atoms with Crippen molar-refractivity contribution in [3.05, 3.63) is 60.2 Å². The summed E-state index contributed by atoms with van der Waals surface area (Å²) in [5, 5.41) is 3.40. The molecule has 3 rings (SSSR count). The molecule has 31 heavy (non-hydrogen) atoms. The molecule has 2 N–H and O–H groups in total. The Labute approximate surface area is 207 Å². The molecule has 6 nitrogen and oxygen atoms in total. The molecule has 1 fully saturated rings. The van der Waals surface area contributed by atoms with Crippen molar-refractivity contribution < 1.29 is 8.42 Å². The zero-order chi connectivity index (χ0) is 21.4. The van der Waals surface area contributed by atoms with Crippen LogP contribution in [0.5, 0.6) is 0 Å². The molecule has 9 heteroatoms. The fourth-order valence-corrected chi connectivity index (χ4v) is 5.16. The summed E-state index contributed by atoms with van der Waals surface area (Å²) >= 11 is 1.92. The molecule has 170 valence electrons. The summed E-state index contributed by atoms with van der Waals surface area (Å²) in [5.74, 6) is 2.68. The number of halogens is 1.